The van der Waals surface area contributed by atoms with Crippen molar-refractivity contribution in [2.45, 2.75) is 38.3 Å². The molecule has 4 nitrogen and oxygen atoms in total. The van der Waals surface area contributed by atoms with Crippen LogP contribution in [0.2, 0.25) is 0 Å². The van der Waals surface area contributed by atoms with Crippen LogP contribution < -0.4 is 15.8 Å². The third kappa shape index (κ3) is 2.64. The van der Waals surface area contributed by atoms with Gasteiger partial charge in [-0.1, -0.05) is 6.92 Å². The fourth-order valence-corrected chi connectivity index (χ4v) is 1.80. The molecule has 0 atom stereocenters. The molecule has 0 aromatic carbocycles. The van der Waals surface area contributed by atoms with Gasteiger partial charge in [-0.25, -0.2) is 4.98 Å². The van der Waals surface area contributed by atoms with Gasteiger partial charge in [-0.3, -0.25) is 0 Å². The standard InChI is InChI=1S/C12H19N3O/c1-2-6-16-11-4-3-5-14-12(11)15-10-7-9(13)8-10/h3-5,9-10H,2,6-8,13H2,1H3,(H,14,15). The molecule has 0 aliphatic heterocycles. The van der Waals surface area contributed by atoms with Crippen molar-refractivity contribution in [3.8, 4) is 5.75 Å². The molecule has 0 unspecified atom stereocenters. The van der Waals surface area contributed by atoms with Crippen LogP contribution in [0, 0.1) is 0 Å². The minimum Gasteiger partial charge on any atom is -0.490 e. The highest BCUT2D eigenvalue weighted by atomic mass is 16.5. The molecule has 0 saturated heterocycles. The maximum absolute atomic E-state index is 5.75. The Morgan fingerprint density at radius 2 is 2.38 bits per heavy atom. The number of aromatic nitrogens is 1. The smallest absolute Gasteiger partial charge is 0.168 e. The van der Waals surface area contributed by atoms with E-state index in [9.17, 15) is 0 Å². The third-order valence-electron chi connectivity index (χ3n) is 2.75. The van der Waals surface area contributed by atoms with Crippen molar-refractivity contribution in [3.05, 3.63) is 18.3 Å². The summed E-state index contributed by atoms with van der Waals surface area (Å²) in [5.74, 6) is 1.68. The van der Waals surface area contributed by atoms with Gasteiger partial charge in [0.15, 0.2) is 11.6 Å². The predicted octanol–water partition coefficient (Wildman–Crippen LogP) is 1.77. The molecule has 88 valence electrons. The maximum atomic E-state index is 5.75. The van der Waals surface area contributed by atoms with E-state index in [0.717, 1.165) is 37.4 Å². The van der Waals surface area contributed by atoms with Gasteiger partial charge in [-0.15, -0.1) is 0 Å². The van der Waals surface area contributed by atoms with E-state index < -0.39 is 0 Å². The van der Waals surface area contributed by atoms with Crippen molar-refractivity contribution in [2.24, 2.45) is 5.73 Å². The highest BCUT2D eigenvalue weighted by Gasteiger charge is 2.26. The Morgan fingerprint density at radius 1 is 1.56 bits per heavy atom. The Balaban J connectivity index is 1.96. The lowest BCUT2D eigenvalue weighted by molar-refractivity contribution is 0.315. The first-order chi connectivity index (χ1) is 7.79. The van der Waals surface area contributed by atoms with Gasteiger partial charge in [0, 0.05) is 18.3 Å². The van der Waals surface area contributed by atoms with Crippen LogP contribution in [-0.4, -0.2) is 23.7 Å². The zero-order chi connectivity index (χ0) is 11.4. The lowest BCUT2D eigenvalue weighted by Gasteiger charge is -2.33. The van der Waals surface area contributed by atoms with Crippen molar-refractivity contribution < 1.29 is 4.74 Å². The molecule has 4 heteroatoms. The Kier molecular flexibility index (Phi) is 3.62. The second kappa shape index (κ2) is 5.16. The van der Waals surface area contributed by atoms with Crippen LogP contribution >= 0.6 is 0 Å². The molecule has 1 aromatic rings. The Bertz CT molecular complexity index is 337. The number of rotatable bonds is 5. The molecule has 1 aromatic heterocycles. The lowest BCUT2D eigenvalue weighted by atomic mass is 9.88. The average molecular weight is 221 g/mol. The van der Waals surface area contributed by atoms with E-state index in [0.29, 0.717) is 12.1 Å². The summed E-state index contributed by atoms with van der Waals surface area (Å²) in [5, 5.41) is 3.37. The molecule has 0 spiro atoms. The first-order valence-corrected chi connectivity index (χ1v) is 5.89. The molecule has 1 fully saturated rings. The third-order valence-corrected chi connectivity index (χ3v) is 2.75. The van der Waals surface area contributed by atoms with Crippen LogP contribution in [0.4, 0.5) is 5.82 Å². The van der Waals surface area contributed by atoms with E-state index in [-0.39, 0.29) is 0 Å². The number of pyridine rings is 1. The van der Waals surface area contributed by atoms with E-state index in [1.54, 1.807) is 6.20 Å². The van der Waals surface area contributed by atoms with E-state index in [4.69, 9.17) is 10.5 Å². The van der Waals surface area contributed by atoms with E-state index >= 15 is 0 Å². The average Bonchev–Trinajstić information content (AvgIpc) is 2.26. The van der Waals surface area contributed by atoms with E-state index in [1.165, 1.54) is 0 Å². The predicted molar refractivity (Wildman–Crippen MR) is 64.6 cm³/mol. The van der Waals surface area contributed by atoms with Gasteiger partial charge in [0.25, 0.3) is 0 Å². The maximum Gasteiger partial charge on any atom is 0.168 e. The van der Waals surface area contributed by atoms with E-state index in [2.05, 4.69) is 17.2 Å². The lowest BCUT2D eigenvalue weighted by Crippen LogP contribution is -2.44. The Morgan fingerprint density at radius 3 is 3.06 bits per heavy atom. The van der Waals surface area contributed by atoms with Gasteiger partial charge in [0.05, 0.1) is 6.61 Å². The van der Waals surface area contributed by atoms with Crippen molar-refractivity contribution >= 4 is 5.82 Å². The second-order valence-electron chi connectivity index (χ2n) is 4.27. The molecule has 2 rings (SSSR count). The van der Waals surface area contributed by atoms with Crippen LogP contribution in [0.1, 0.15) is 26.2 Å². The van der Waals surface area contributed by atoms with Gasteiger partial charge in [-0.2, -0.15) is 0 Å². The molecule has 16 heavy (non-hydrogen) atoms. The summed E-state index contributed by atoms with van der Waals surface area (Å²) in [7, 11) is 0. The highest BCUT2D eigenvalue weighted by molar-refractivity contribution is 5.50. The topological polar surface area (TPSA) is 60.2 Å². The summed E-state index contributed by atoms with van der Waals surface area (Å²) in [5.41, 5.74) is 5.75. The number of hydrogen-bond donors (Lipinski definition) is 2. The second-order valence-corrected chi connectivity index (χ2v) is 4.27. The van der Waals surface area contributed by atoms with Gasteiger partial charge in [-0.05, 0) is 31.4 Å². The molecule has 1 aliphatic rings. The van der Waals surface area contributed by atoms with Gasteiger partial charge >= 0.3 is 0 Å². The summed E-state index contributed by atoms with van der Waals surface area (Å²) in [6.07, 6.45) is 4.82. The van der Waals surface area contributed by atoms with Crippen molar-refractivity contribution in [2.75, 3.05) is 11.9 Å². The number of nitrogens with one attached hydrogen (secondary N) is 1. The van der Waals surface area contributed by atoms with Crippen molar-refractivity contribution in [3.63, 3.8) is 0 Å². The zero-order valence-electron chi connectivity index (χ0n) is 9.65. The van der Waals surface area contributed by atoms with Crippen LogP contribution in [0.15, 0.2) is 18.3 Å². The largest absolute Gasteiger partial charge is 0.490 e. The van der Waals surface area contributed by atoms with Crippen LogP contribution in [0.25, 0.3) is 0 Å². The van der Waals surface area contributed by atoms with Gasteiger partial charge in [0.1, 0.15) is 0 Å². The minimum absolute atomic E-state index is 0.348. The molecule has 1 aliphatic carbocycles. The normalized spacial score (nSPS) is 23.6. The number of anilines is 1. The summed E-state index contributed by atoms with van der Waals surface area (Å²) < 4.78 is 5.63. The van der Waals surface area contributed by atoms with Crippen molar-refractivity contribution in [1.82, 2.24) is 4.98 Å². The van der Waals surface area contributed by atoms with E-state index in [1.807, 2.05) is 12.1 Å². The molecular formula is C12H19N3O. The quantitative estimate of drug-likeness (QED) is 0.795. The molecule has 1 heterocycles. The van der Waals surface area contributed by atoms with Gasteiger partial charge < -0.3 is 15.8 Å². The van der Waals surface area contributed by atoms with Crippen LogP contribution in [0.3, 0.4) is 0 Å². The first-order valence-electron chi connectivity index (χ1n) is 5.89. The Labute approximate surface area is 96.2 Å². The fourth-order valence-electron chi connectivity index (χ4n) is 1.80. The molecular weight excluding hydrogens is 202 g/mol. The fraction of sp³-hybridized carbons (Fsp3) is 0.583. The first kappa shape index (κ1) is 11.2. The minimum atomic E-state index is 0.348. The van der Waals surface area contributed by atoms with Crippen LogP contribution in [-0.2, 0) is 0 Å². The monoisotopic (exact) mass is 221 g/mol. The van der Waals surface area contributed by atoms with Crippen LogP contribution in [0.5, 0.6) is 5.75 Å². The summed E-state index contributed by atoms with van der Waals surface area (Å²) in [6.45, 7) is 2.82. The summed E-state index contributed by atoms with van der Waals surface area (Å²) in [6, 6.07) is 4.64. The zero-order valence-corrected chi connectivity index (χ0v) is 9.65. The molecule has 0 radical (unpaired) electrons. The number of nitrogens with zero attached hydrogens (tertiary/aromatic N) is 1. The number of nitrogens with two attached hydrogens (primary N) is 1. The van der Waals surface area contributed by atoms with Gasteiger partial charge in [0.2, 0.25) is 0 Å². The highest BCUT2D eigenvalue weighted by Crippen LogP contribution is 2.27. The molecule has 0 amide bonds. The summed E-state index contributed by atoms with van der Waals surface area (Å²) in [4.78, 5) is 4.30. The molecule has 0 bridgehead atoms. The SMILES string of the molecule is CCCOc1cccnc1NC1CC(N)C1. The number of ether oxygens (including phenoxy) is 1. The van der Waals surface area contributed by atoms with Crippen molar-refractivity contribution in [1.29, 1.82) is 0 Å². The molecule has 1 saturated carbocycles. The Hall–Kier alpha value is -1.29. The molecule has 3 N–H and O–H groups in total. The summed E-state index contributed by atoms with van der Waals surface area (Å²) >= 11 is 0. The number of hydrogen-bond acceptors (Lipinski definition) is 4.